The van der Waals surface area contributed by atoms with Crippen LogP contribution < -0.4 is 15.4 Å². The van der Waals surface area contributed by atoms with Crippen LogP contribution in [-0.2, 0) is 16.1 Å². The Hall–Kier alpha value is -2.04. The molecule has 1 aromatic carbocycles. The highest BCUT2D eigenvalue weighted by atomic mass is 16.5. The Morgan fingerprint density at radius 3 is 1.85 bits per heavy atom. The van der Waals surface area contributed by atoms with Crippen LogP contribution in [0.4, 0.5) is 0 Å². The summed E-state index contributed by atoms with van der Waals surface area (Å²) in [4.78, 5) is 23.6. The summed E-state index contributed by atoms with van der Waals surface area (Å²) in [5, 5.41) is 5.33. The van der Waals surface area contributed by atoms with Crippen LogP contribution in [0.15, 0.2) is 24.3 Å². The summed E-state index contributed by atoms with van der Waals surface area (Å²) in [6.45, 7) is 3.13. The molecule has 2 N–H and O–H groups in total. The number of nitrogens with one attached hydrogen (secondary N) is 2. The Morgan fingerprint density at radius 2 is 1.30 bits per heavy atom. The fourth-order valence-corrected chi connectivity index (χ4v) is 2.90. The van der Waals surface area contributed by atoms with Gasteiger partial charge in [-0.15, -0.1) is 0 Å². The molecular formula is C22H36N2O3. The molecule has 1 aromatic rings. The molecule has 0 aliphatic carbocycles. The van der Waals surface area contributed by atoms with Gasteiger partial charge in [0, 0.05) is 13.1 Å². The van der Waals surface area contributed by atoms with E-state index in [1.165, 1.54) is 51.4 Å². The maximum absolute atomic E-state index is 11.8. The fraction of sp³-hybridized carbons (Fsp3) is 0.636. The van der Waals surface area contributed by atoms with Gasteiger partial charge in [-0.25, -0.2) is 0 Å². The lowest BCUT2D eigenvalue weighted by Crippen LogP contribution is -2.39. The van der Waals surface area contributed by atoms with Crippen LogP contribution >= 0.6 is 0 Å². The third-order valence-corrected chi connectivity index (χ3v) is 4.63. The first-order valence-corrected chi connectivity index (χ1v) is 10.4. The van der Waals surface area contributed by atoms with E-state index in [9.17, 15) is 9.59 Å². The fourth-order valence-electron chi connectivity index (χ4n) is 2.90. The molecule has 2 amide bonds. The number of carbonyl (C=O) groups is 2. The Labute approximate surface area is 164 Å². The number of amides is 2. The topological polar surface area (TPSA) is 67.4 Å². The Bertz CT molecular complexity index is 529. The summed E-state index contributed by atoms with van der Waals surface area (Å²) in [7, 11) is 1.61. The molecule has 0 spiro atoms. The van der Waals surface area contributed by atoms with Gasteiger partial charge in [-0.2, -0.15) is 0 Å². The first kappa shape index (κ1) is 23.0. The number of benzene rings is 1. The zero-order valence-electron chi connectivity index (χ0n) is 17.0. The number of rotatable bonds is 14. The van der Waals surface area contributed by atoms with Crippen molar-refractivity contribution >= 4 is 11.8 Å². The number of unbranched alkanes of at least 4 members (excludes halogenated alkanes) is 9. The van der Waals surface area contributed by atoms with Crippen molar-refractivity contribution in [1.82, 2.24) is 10.6 Å². The minimum absolute atomic E-state index is 0.328. The predicted molar refractivity (Wildman–Crippen MR) is 110 cm³/mol. The van der Waals surface area contributed by atoms with Gasteiger partial charge < -0.3 is 15.4 Å². The lowest BCUT2D eigenvalue weighted by atomic mass is 10.1. The largest absolute Gasteiger partial charge is 0.497 e. The highest BCUT2D eigenvalue weighted by molar-refractivity contribution is 6.35. The first-order chi connectivity index (χ1) is 13.2. The first-order valence-electron chi connectivity index (χ1n) is 10.4. The number of hydrogen-bond donors (Lipinski definition) is 2. The van der Waals surface area contributed by atoms with E-state index in [2.05, 4.69) is 17.6 Å². The molecule has 0 aliphatic heterocycles. The summed E-state index contributed by atoms with van der Waals surface area (Å²) in [6, 6.07) is 7.38. The van der Waals surface area contributed by atoms with Crippen molar-refractivity contribution in [2.75, 3.05) is 13.7 Å². The van der Waals surface area contributed by atoms with Gasteiger partial charge in [0.25, 0.3) is 0 Å². The average Bonchev–Trinajstić information content (AvgIpc) is 2.70. The maximum Gasteiger partial charge on any atom is 0.309 e. The molecule has 0 aromatic heterocycles. The molecule has 0 radical (unpaired) electrons. The number of methoxy groups -OCH3 is 1. The van der Waals surface area contributed by atoms with Crippen molar-refractivity contribution in [2.24, 2.45) is 0 Å². The van der Waals surface area contributed by atoms with Crippen molar-refractivity contribution in [2.45, 2.75) is 77.7 Å². The van der Waals surface area contributed by atoms with Crippen molar-refractivity contribution < 1.29 is 14.3 Å². The van der Waals surface area contributed by atoms with Gasteiger partial charge in [-0.1, -0.05) is 76.8 Å². The van der Waals surface area contributed by atoms with Crippen LogP contribution in [0.1, 0.15) is 76.7 Å². The molecule has 5 heteroatoms. The van der Waals surface area contributed by atoms with Gasteiger partial charge >= 0.3 is 11.8 Å². The third kappa shape index (κ3) is 11.3. The third-order valence-electron chi connectivity index (χ3n) is 4.63. The van der Waals surface area contributed by atoms with Gasteiger partial charge in [-0.05, 0) is 24.1 Å². The van der Waals surface area contributed by atoms with Crippen LogP contribution in [0.25, 0.3) is 0 Å². The maximum atomic E-state index is 11.8. The monoisotopic (exact) mass is 376 g/mol. The van der Waals surface area contributed by atoms with E-state index >= 15 is 0 Å². The van der Waals surface area contributed by atoms with E-state index in [1.807, 2.05) is 24.3 Å². The van der Waals surface area contributed by atoms with Gasteiger partial charge in [0.05, 0.1) is 7.11 Å². The van der Waals surface area contributed by atoms with Gasteiger partial charge in [0.1, 0.15) is 5.75 Å². The van der Waals surface area contributed by atoms with Crippen LogP contribution in [0.5, 0.6) is 5.75 Å². The van der Waals surface area contributed by atoms with Crippen molar-refractivity contribution in [3.63, 3.8) is 0 Å². The Morgan fingerprint density at radius 1 is 0.778 bits per heavy atom. The van der Waals surface area contributed by atoms with Crippen LogP contribution in [0, 0.1) is 0 Å². The molecule has 152 valence electrons. The van der Waals surface area contributed by atoms with E-state index in [-0.39, 0.29) is 0 Å². The van der Waals surface area contributed by atoms with E-state index in [0.29, 0.717) is 13.1 Å². The normalized spacial score (nSPS) is 10.4. The number of ether oxygens (including phenoxy) is 1. The quantitative estimate of drug-likeness (QED) is 0.375. The molecule has 0 atom stereocenters. The molecule has 0 heterocycles. The average molecular weight is 377 g/mol. The summed E-state index contributed by atoms with van der Waals surface area (Å²) >= 11 is 0. The van der Waals surface area contributed by atoms with E-state index in [0.717, 1.165) is 24.2 Å². The molecule has 0 fully saturated rings. The zero-order valence-corrected chi connectivity index (χ0v) is 17.0. The second-order valence-corrected chi connectivity index (χ2v) is 6.97. The molecule has 1 rings (SSSR count). The summed E-state index contributed by atoms with van der Waals surface area (Å²) in [6.07, 6.45) is 12.5. The molecule has 0 saturated carbocycles. The van der Waals surface area contributed by atoms with Crippen molar-refractivity contribution in [1.29, 1.82) is 0 Å². The molecule has 0 saturated heterocycles. The number of hydrogen-bond acceptors (Lipinski definition) is 3. The van der Waals surface area contributed by atoms with E-state index in [1.54, 1.807) is 7.11 Å². The lowest BCUT2D eigenvalue weighted by molar-refractivity contribution is -0.139. The predicted octanol–water partition coefficient (Wildman–Crippen LogP) is 4.35. The highest BCUT2D eigenvalue weighted by Gasteiger charge is 2.11. The SMILES string of the molecule is CCCCCCCCCCCCNC(=O)C(=O)NCc1ccc(OC)cc1. The molecule has 0 unspecified atom stereocenters. The smallest absolute Gasteiger partial charge is 0.309 e. The summed E-state index contributed by atoms with van der Waals surface area (Å²) in [5.74, 6) is -0.378. The Kier molecular flexibility index (Phi) is 12.8. The molecule has 27 heavy (non-hydrogen) atoms. The van der Waals surface area contributed by atoms with Gasteiger partial charge in [-0.3, -0.25) is 9.59 Å². The van der Waals surface area contributed by atoms with Crippen LogP contribution in [0.2, 0.25) is 0 Å². The second kappa shape index (κ2) is 15.1. The molecule has 0 bridgehead atoms. The highest BCUT2D eigenvalue weighted by Crippen LogP contribution is 2.11. The van der Waals surface area contributed by atoms with E-state index < -0.39 is 11.8 Å². The second-order valence-electron chi connectivity index (χ2n) is 6.97. The number of carbonyl (C=O) groups excluding carboxylic acids is 2. The molecule has 5 nitrogen and oxygen atoms in total. The van der Waals surface area contributed by atoms with Gasteiger partial charge in [0.2, 0.25) is 0 Å². The van der Waals surface area contributed by atoms with Crippen LogP contribution in [-0.4, -0.2) is 25.5 Å². The summed E-state index contributed by atoms with van der Waals surface area (Å²) < 4.78 is 5.09. The lowest BCUT2D eigenvalue weighted by Gasteiger charge is -2.07. The minimum atomic E-state index is -0.585. The van der Waals surface area contributed by atoms with Crippen molar-refractivity contribution in [3.8, 4) is 5.75 Å². The van der Waals surface area contributed by atoms with Crippen LogP contribution in [0.3, 0.4) is 0 Å². The van der Waals surface area contributed by atoms with Crippen molar-refractivity contribution in [3.05, 3.63) is 29.8 Å². The van der Waals surface area contributed by atoms with E-state index in [4.69, 9.17) is 4.74 Å². The molecule has 0 aliphatic rings. The minimum Gasteiger partial charge on any atom is -0.497 e. The Balaban J connectivity index is 2.00. The zero-order chi connectivity index (χ0) is 19.7. The summed E-state index contributed by atoms with van der Waals surface area (Å²) in [5.41, 5.74) is 0.923. The standard InChI is InChI=1S/C22H36N2O3/c1-3-4-5-6-7-8-9-10-11-12-17-23-21(25)22(26)24-18-19-13-15-20(27-2)16-14-19/h13-16H,3-12,17-18H2,1-2H3,(H,23,25)(H,24,26). The molecular weight excluding hydrogens is 340 g/mol. The van der Waals surface area contributed by atoms with Gasteiger partial charge in [0.15, 0.2) is 0 Å².